The van der Waals surface area contributed by atoms with Gasteiger partial charge in [0.05, 0.1) is 0 Å². The summed E-state index contributed by atoms with van der Waals surface area (Å²) in [6, 6.07) is 0. The first kappa shape index (κ1) is 19.5. The van der Waals surface area contributed by atoms with Crippen molar-refractivity contribution in [3.05, 3.63) is 0 Å². The Morgan fingerprint density at radius 2 is 1.47 bits per heavy atom. The van der Waals surface area contributed by atoms with Crippen LogP contribution >= 0.6 is 0 Å². The molecular formula is C7H16O8. The molecule has 0 saturated carbocycles. The maximum Gasteiger partial charge on any atom is 0.335 e. The Hall–Kier alpha value is -1.06. The molecule has 0 saturated heterocycles. The van der Waals surface area contributed by atoms with Crippen molar-refractivity contribution in [2.24, 2.45) is 0 Å². The van der Waals surface area contributed by atoms with E-state index in [1.54, 1.807) is 0 Å². The maximum atomic E-state index is 10.1. The number of rotatable bonds is 5. The fourth-order valence-electron chi connectivity index (χ4n) is 0.615. The van der Waals surface area contributed by atoms with Gasteiger partial charge in [0.1, 0.15) is 18.3 Å². The van der Waals surface area contributed by atoms with E-state index in [1.165, 1.54) is 0 Å². The molecule has 4 atom stereocenters. The number of carbonyl (C=O) groups excluding carboxylic acids is 1. The van der Waals surface area contributed by atoms with Crippen LogP contribution in [0.1, 0.15) is 7.43 Å². The fourth-order valence-corrected chi connectivity index (χ4v) is 0.615. The standard InChI is InChI=1S/C6H10O7.CH4.H2O/c7-1-2(8)3(9)4(10)5(11)6(12)13;;/h1-5,8-11H,(H,12,13);1H4;1H2/t2-,3-,4+,5+;;/m1../s1. The molecule has 0 aromatic carbocycles. The van der Waals surface area contributed by atoms with E-state index < -0.39 is 30.4 Å². The van der Waals surface area contributed by atoms with Crippen molar-refractivity contribution in [2.75, 3.05) is 0 Å². The Kier molecular flexibility index (Phi) is 10.7. The second kappa shape index (κ2) is 8.26. The molecule has 15 heavy (non-hydrogen) atoms. The SMILES string of the molecule is C.O.O=C[C@@H](O)[C@@H](O)[C@H](O)[C@H](O)C(=O)O. The Morgan fingerprint density at radius 1 is 1.07 bits per heavy atom. The van der Waals surface area contributed by atoms with Crippen molar-refractivity contribution < 1.29 is 40.6 Å². The topological polar surface area (TPSA) is 167 Å². The van der Waals surface area contributed by atoms with Crippen LogP contribution in [0.5, 0.6) is 0 Å². The van der Waals surface area contributed by atoms with E-state index in [1.807, 2.05) is 0 Å². The summed E-state index contributed by atoms with van der Waals surface area (Å²) >= 11 is 0. The normalized spacial score (nSPS) is 17.3. The molecule has 8 nitrogen and oxygen atoms in total. The second-order valence-corrected chi connectivity index (χ2v) is 2.39. The molecule has 0 amide bonds. The van der Waals surface area contributed by atoms with Crippen molar-refractivity contribution in [3.8, 4) is 0 Å². The highest BCUT2D eigenvalue weighted by Crippen LogP contribution is 2.03. The van der Waals surface area contributed by atoms with Crippen LogP contribution in [0.25, 0.3) is 0 Å². The predicted octanol–water partition coefficient (Wildman–Crippen LogP) is -3.48. The van der Waals surface area contributed by atoms with Crippen LogP contribution < -0.4 is 0 Å². The van der Waals surface area contributed by atoms with Crippen LogP contribution in [0, 0.1) is 0 Å². The summed E-state index contributed by atoms with van der Waals surface area (Å²) in [5.41, 5.74) is 0. The van der Waals surface area contributed by atoms with Crippen LogP contribution in [-0.4, -0.2) is 67.7 Å². The zero-order valence-corrected chi connectivity index (χ0v) is 6.94. The van der Waals surface area contributed by atoms with Crippen LogP contribution in [0.2, 0.25) is 0 Å². The maximum absolute atomic E-state index is 10.1. The summed E-state index contributed by atoms with van der Waals surface area (Å²) in [7, 11) is 0. The molecule has 0 aromatic rings. The van der Waals surface area contributed by atoms with Gasteiger partial charge in [-0.05, 0) is 0 Å². The number of aliphatic hydroxyl groups is 4. The molecule has 0 spiro atoms. The number of carboxylic acid groups (broad SMARTS) is 1. The number of aliphatic carboxylic acids is 1. The van der Waals surface area contributed by atoms with E-state index >= 15 is 0 Å². The largest absolute Gasteiger partial charge is 0.479 e. The molecule has 0 heterocycles. The van der Waals surface area contributed by atoms with Gasteiger partial charge in [0.2, 0.25) is 0 Å². The summed E-state index contributed by atoms with van der Waals surface area (Å²) in [5, 5.41) is 43.2. The van der Waals surface area contributed by atoms with Gasteiger partial charge in [-0.2, -0.15) is 0 Å². The number of aliphatic hydroxyl groups excluding tert-OH is 4. The minimum absolute atomic E-state index is 0. The monoisotopic (exact) mass is 228 g/mol. The lowest BCUT2D eigenvalue weighted by molar-refractivity contribution is -0.163. The zero-order valence-electron chi connectivity index (χ0n) is 6.94. The lowest BCUT2D eigenvalue weighted by Gasteiger charge is -2.21. The highest BCUT2D eigenvalue weighted by atomic mass is 16.4. The Balaban J connectivity index is -0.000000720. The van der Waals surface area contributed by atoms with E-state index in [2.05, 4.69) is 0 Å². The van der Waals surface area contributed by atoms with E-state index in [9.17, 15) is 9.59 Å². The molecule has 0 radical (unpaired) electrons. The molecule has 0 aliphatic rings. The molecule has 0 bridgehead atoms. The molecule has 8 heteroatoms. The smallest absolute Gasteiger partial charge is 0.335 e. The highest BCUT2D eigenvalue weighted by molar-refractivity contribution is 5.73. The van der Waals surface area contributed by atoms with Crippen molar-refractivity contribution in [1.82, 2.24) is 0 Å². The van der Waals surface area contributed by atoms with E-state index in [0.717, 1.165) is 0 Å². The van der Waals surface area contributed by atoms with Gasteiger partial charge in [0, 0.05) is 0 Å². The van der Waals surface area contributed by atoms with Gasteiger partial charge in [-0.3, -0.25) is 0 Å². The first-order valence-electron chi connectivity index (χ1n) is 3.32. The number of aldehydes is 1. The van der Waals surface area contributed by atoms with Crippen LogP contribution in [0.3, 0.4) is 0 Å². The number of carbonyl (C=O) groups is 2. The van der Waals surface area contributed by atoms with Crippen molar-refractivity contribution in [1.29, 1.82) is 0 Å². The minimum atomic E-state index is -2.25. The molecule has 0 aromatic heterocycles. The molecule has 0 unspecified atom stereocenters. The molecule has 92 valence electrons. The quantitative estimate of drug-likeness (QED) is 0.304. The molecule has 0 rings (SSSR count). The summed E-state index contributed by atoms with van der Waals surface area (Å²) in [5.74, 6) is -1.76. The van der Waals surface area contributed by atoms with Gasteiger partial charge < -0.3 is 35.8 Å². The van der Waals surface area contributed by atoms with Gasteiger partial charge in [0.25, 0.3) is 0 Å². The van der Waals surface area contributed by atoms with Gasteiger partial charge in [-0.25, -0.2) is 4.79 Å². The third-order valence-corrected chi connectivity index (χ3v) is 1.42. The first-order chi connectivity index (χ1) is 5.91. The highest BCUT2D eigenvalue weighted by Gasteiger charge is 2.33. The summed E-state index contributed by atoms with van der Waals surface area (Å²) in [4.78, 5) is 20.0. The first-order valence-corrected chi connectivity index (χ1v) is 3.32. The molecule has 7 N–H and O–H groups in total. The predicted molar refractivity (Wildman–Crippen MR) is 48.1 cm³/mol. The number of hydrogen-bond acceptors (Lipinski definition) is 6. The van der Waals surface area contributed by atoms with Crippen LogP contribution in [0.15, 0.2) is 0 Å². The van der Waals surface area contributed by atoms with Gasteiger partial charge in [-0.15, -0.1) is 0 Å². The van der Waals surface area contributed by atoms with Crippen molar-refractivity contribution >= 4 is 12.3 Å². The summed E-state index contributed by atoms with van der Waals surface area (Å²) in [6.07, 6.45) is -8.39. The minimum Gasteiger partial charge on any atom is -0.479 e. The Morgan fingerprint density at radius 3 is 1.73 bits per heavy atom. The summed E-state index contributed by atoms with van der Waals surface area (Å²) in [6.45, 7) is 0. The number of carboxylic acids is 1. The van der Waals surface area contributed by atoms with Gasteiger partial charge in [-0.1, -0.05) is 7.43 Å². The third-order valence-electron chi connectivity index (χ3n) is 1.42. The lowest BCUT2D eigenvalue weighted by Crippen LogP contribution is -2.48. The fraction of sp³-hybridized carbons (Fsp3) is 0.714. The van der Waals surface area contributed by atoms with Crippen molar-refractivity contribution in [3.63, 3.8) is 0 Å². The van der Waals surface area contributed by atoms with E-state index in [0.29, 0.717) is 0 Å². The second-order valence-electron chi connectivity index (χ2n) is 2.39. The average molecular weight is 228 g/mol. The van der Waals surface area contributed by atoms with Crippen molar-refractivity contribution in [2.45, 2.75) is 31.8 Å². The van der Waals surface area contributed by atoms with Crippen LogP contribution in [0.4, 0.5) is 0 Å². The van der Waals surface area contributed by atoms with E-state index in [4.69, 9.17) is 25.5 Å². The van der Waals surface area contributed by atoms with Gasteiger partial charge >= 0.3 is 5.97 Å². The van der Waals surface area contributed by atoms with E-state index in [-0.39, 0.29) is 19.2 Å². The number of hydrogen-bond donors (Lipinski definition) is 5. The summed E-state index contributed by atoms with van der Waals surface area (Å²) < 4.78 is 0. The van der Waals surface area contributed by atoms with Crippen LogP contribution in [-0.2, 0) is 9.59 Å². The Bertz CT molecular complexity index is 193. The Labute approximate surface area is 85.7 Å². The lowest BCUT2D eigenvalue weighted by atomic mass is 10.0. The zero-order chi connectivity index (χ0) is 10.6. The third kappa shape index (κ3) is 5.40. The molecule has 0 fully saturated rings. The molecule has 0 aliphatic carbocycles. The van der Waals surface area contributed by atoms with Gasteiger partial charge in [0.15, 0.2) is 12.4 Å². The molecular weight excluding hydrogens is 212 g/mol. The average Bonchev–Trinajstić information content (AvgIpc) is 2.12. The molecule has 0 aliphatic heterocycles.